The summed E-state index contributed by atoms with van der Waals surface area (Å²) in [5.74, 6) is 0.00710. The van der Waals surface area contributed by atoms with Crippen LogP contribution < -0.4 is 4.90 Å². The number of thioether (sulfide) groups is 1. The molecular weight excluding hydrogens is 314 g/mol. The van der Waals surface area contributed by atoms with E-state index in [1.807, 2.05) is 53.1 Å². The molecule has 3 unspecified atom stereocenters. The van der Waals surface area contributed by atoms with Gasteiger partial charge < -0.3 is 0 Å². The number of benzene rings is 2. The Bertz CT molecular complexity index is 735. The van der Waals surface area contributed by atoms with E-state index in [1.54, 1.807) is 0 Å². The van der Waals surface area contributed by atoms with Crippen molar-refractivity contribution in [2.45, 2.75) is 34.4 Å². The Morgan fingerprint density at radius 3 is 2.59 bits per heavy atom. The van der Waals surface area contributed by atoms with Gasteiger partial charge in [-0.2, -0.15) is 0 Å². The van der Waals surface area contributed by atoms with E-state index < -0.39 is 10.9 Å². The fourth-order valence-electron chi connectivity index (χ4n) is 3.65. The lowest BCUT2D eigenvalue weighted by Gasteiger charge is -2.55. The Kier molecular flexibility index (Phi) is 3.24. The van der Waals surface area contributed by atoms with Crippen molar-refractivity contribution < 1.29 is 4.79 Å². The number of nitrogens with zero attached hydrogens (tertiary/aromatic N) is 1. The molecule has 2 nitrogen and oxygen atoms in total. The molecule has 2 aliphatic rings. The first-order valence-corrected chi connectivity index (χ1v) is 8.75. The van der Waals surface area contributed by atoms with Crippen molar-refractivity contribution in [3.8, 4) is 0 Å². The maximum atomic E-state index is 12.6. The summed E-state index contributed by atoms with van der Waals surface area (Å²) >= 11 is 8.39. The number of β-lactam (4-membered cyclic amide) rings is 1. The lowest BCUT2D eigenvalue weighted by Crippen LogP contribution is -2.71. The standard InChI is InChI=1S/C18H16ClNOS/c1-12-11-18(13-7-3-2-4-8-13)16(19)17(21)20(18)14-9-5-6-10-15(14)22-12/h2-10,12,16H,11H2,1H3. The van der Waals surface area contributed by atoms with Crippen LogP contribution in [0.15, 0.2) is 59.5 Å². The summed E-state index contributed by atoms with van der Waals surface area (Å²) in [6.07, 6.45) is 0.857. The van der Waals surface area contributed by atoms with Crippen LogP contribution >= 0.6 is 23.4 Å². The van der Waals surface area contributed by atoms with E-state index in [2.05, 4.69) is 25.1 Å². The second-order valence-electron chi connectivity index (χ2n) is 5.93. The molecule has 1 amide bonds. The van der Waals surface area contributed by atoms with Crippen LogP contribution in [0.1, 0.15) is 18.9 Å². The van der Waals surface area contributed by atoms with E-state index in [4.69, 9.17) is 11.6 Å². The lowest BCUT2D eigenvalue weighted by atomic mass is 9.73. The average Bonchev–Trinajstić information content (AvgIpc) is 2.67. The zero-order valence-electron chi connectivity index (χ0n) is 12.2. The number of hydrogen-bond acceptors (Lipinski definition) is 2. The zero-order valence-corrected chi connectivity index (χ0v) is 13.8. The Morgan fingerprint density at radius 1 is 1.14 bits per heavy atom. The molecule has 1 fully saturated rings. The number of para-hydroxylation sites is 1. The summed E-state index contributed by atoms with van der Waals surface area (Å²) in [6.45, 7) is 2.21. The summed E-state index contributed by atoms with van der Waals surface area (Å²) in [6, 6.07) is 18.3. The number of rotatable bonds is 1. The highest BCUT2D eigenvalue weighted by Gasteiger charge is 2.62. The molecule has 2 aromatic rings. The number of anilines is 1. The second-order valence-corrected chi connectivity index (χ2v) is 7.84. The molecular formula is C18H16ClNOS. The number of hydrogen-bond donors (Lipinski definition) is 0. The normalized spacial score (nSPS) is 30.1. The van der Waals surface area contributed by atoms with E-state index in [0.717, 1.165) is 22.6 Å². The summed E-state index contributed by atoms with van der Waals surface area (Å²) in [5, 5.41) is -0.107. The minimum atomic E-state index is -0.496. The van der Waals surface area contributed by atoms with E-state index in [9.17, 15) is 4.79 Å². The third-order valence-electron chi connectivity index (χ3n) is 4.56. The minimum Gasteiger partial charge on any atom is -0.298 e. The first kappa shape index (κ1) is 14.2. The lowest BCUT2D eigenvalue weighted by molar-refractivity contribution is -0.127. The number of carbonyl (C=O) groups is 1. The van der Waals surface area contributed by atoms with Crippen LogP contribution in [0.25, 0.3) is 0 Å². The van der Waals surface area contributed by atoms with Crippen LogP contribution in [0.2, 0.25) is 0 Å². The Morgan fingerprint density at radius 2 is 1.82 bits per heavy atom. The number of amides is 1. The number of halogens is 1. The molecule has 2 heterocycles. The van der Waals surface area contributed by atoms with Crippen LogP contribution in [-0.2, 0) is 10.3 Å². The molecule has 1 saturated heterocycles. The van der Waals surface area contributed by atoms with Crippen molar-refractivity contribution in [1.82, 2.24) is 0 Å². The molecule has 0 spiro atoms. The predicted octanol–water partition coefficient (Wildman–Crippen LogP) is 4.42. The second kappa shape index (κ2) is 5.04. The van der Waals surface area contributed by atoms with E-state index >= 15 is 0 Å². The maximum Gasteiger partial charge on any atom is 0.248 e. The smallest absolute Gasteiger partial charge is 0.248 e. The first-order valence-electron chi connectivity index (χ1n) is 7.44. The molecule has 0 saturated carbocycles. The van der Waals surface area contributed by atoms with Crippen molar-refractivity contribution in [3.63, 3.8) is 0 Å². The van der Waals surface area contributed by atoms with Gasteiger partial charge in [0.2, 0.25) is 5.91 Å². The fourth-order valence-corrected chi connectivity index (χ4v) is 5.27. The highest BCUT2D eigenvalue weighted by molar-refractivity contribution is 8.00. The predicted molar refractivity (Wildman–Crippen MR) is 91.6 cm³/mol. The Balaban J connectivity index is 1.94. The Labute approximate surface area is 139 Å². The van der Waals surface area contributed by atoms with Gasteiger partial charge in [0.05, 0.1) is 11.2 Å². The molecule has 22 heavy (non-hydrogen) atoms. The van der Waals surface area contributed by atoms with Gasteiger partial charge in [-0.15, -0.1) is 23.4 Å². The van der Waals surface area contributed by atoms with Crippen LogP contribution in [-0.4, -0.2) is 16.5 Å². The molecule has 4 rings (SSSR count). The maximum absolute atomic E-state index is 12.6. The highest BCUT2D eigenvalue weighted by Crippen LogP contribution is 2.56. The molecule has 3 atom stereocenters. The van der Waals surface area contributed by atoms with E-state index in [0.29, 0.717) is 5.25 Å². The quantitative estimate of drug-likeness (QED) is 0.570. The molecule has 0 aromatic heterocycles. The van der Waals surface area contributed by atoms with Crippen LogP contribution in [0, 0.1) is 0 Å². The summed E-state index contributed by atoms with van der Waals surface area (Å²) in [7, 11) is 0. The van der Waals surface area contributed by atoms with Crippen molar-refractivity contribution in [2.24, 2.45) is 0 Å². The Hall–Kier alpha value is -1.45. The third kappa shape index (κ3) is 1.79. The van der Waals surface area contributed by atoms with Crippen molar-refractivity contribution in [1.29, 1.82) is 0 Å². The molecule has 0 aliphatic carbocycles. The van der Waals surface area contributed by atoms with Crippen molar-refractivity contribution in [3.05, 3.63) is 60.2 Å². The van der Waals surface area contributed by atoms with Gasteiger partial charge in [-0.1, -0.05) is 49.4 Å². The van der Waals surface area contributed by atoms with Crippen molar-refractivity contribution >= 4 is 35.0 Å². The highest BCUT2D eigenvalue weighted by atomic mass is 35.5. The van der Waals surface area contributed by atoms with Gasteiger partial charge in [0.15, 0.2) is 0 Å². The largest absolute Gasteiger partial charge is 0.298 e. The fraction of sp³-hybridized carbons (Fsp3) is 0.278. The molecule has 2 aromatic carbocycles. The summed E-state index contributed by atoms with van der Waals surface area (Å²) in [5.41, 5.74) is 1.68. The van der Waals surface area contributed by atoms with Gasteiger partial charge in [-0.05, 0) is 24.1 Å². The van der Waals surface area contributed by atoms with E-state index in [1.165, 1.54) is 0 Å². The third-order valence-corrected chi connectivity index (χ3v) is 6.28. The molecule has 0 N–H and O–H groups in total. The minimum absolute atomic E-state index is 0.00710. The molecule has 0 bridgehead atoms. The zero-order chi connectivity index (χ0) is 15.3. The van der Waals surface area contributed by atoms with Gasteiger partial charge in [0.1, 0.15) is 5.38 Å². The van der Waals surface area contributed by atoms with Crippen LogP contribution in [0.3, 0.4) is 0 Å². The van der Waals surface area contributed by atoms with Crippen LogP contribution in [0.5, 0.6) is 0 Å². The van der Waals surface area contributed by atoms with Crippen LogP contribution in [0.4, 0.5) is 5.69 Å². The topological polar surface area (TPSA) is 20.3 Å². The number of fused-ring (bicyclic) bond motifs is 3. The van der Waals surface area contributed by atoms with E-state index in [-0.39, 0.29) is 5.91 Å². The van der Waals surface area contributed by atoms with Gasteiger partial charge in [-0.3, -0.25) is 9.69 Å². The summed E-state index contributed by atoms with van der Waals surface area (Å²) in [4.78, 5) is 15.7. The van der Waals surface area contributed by atoms with Crippen molar-refractivity contribution in [2.75, 3.05) is 4.90 Å². The molecule has 0 radical (unpaired) electrons. The first-order chi connectivity index (χ1) is 10.6. The molecule has 112 valence electrons. The SMILES string of the molecule is CC1CC2(c3ccccc3)C(Cl)C(=O)N2c2ccccc2S1. The van der Waals surface area contributed by atoms with Gasteiger partial charge in [0, 0.05) is 10.1 Å². The number of alkyl halides is 1. The molecule has 2 aliphatic heterocycles. The van der Waals surface area contributed by atoms with Gasteiger partial charge in [-0.25, -0.2) is 0 Å². The van der Waals surface area contributed by atoms with Gasteiger partial charge >= 0.3 is 0 Å². The van der Waals surface area contributed by atoms with Gasteiger partial charge in [0.25, 0.3) is 0 Å². The molecule has 4 heteroatoms. The summed E-state index contributed by atoms with van der Waals surface area (Å²) < 4.78 is 0. The number of carbonyl (C=O) groups excluding carboxylic acids is 1. The average molecular weight is 330 g/mol. The monoisotopic (exact) mass is 329 g/mol.